The average Bonchev–Trinajstić information content (AvgIpc) is 2.66. The van der Waals surface area contributed by atoms with E-state index in [1.807, 2.05) is 0 Å². The summed E-state index contributed by atoms with van der Waals surface area (Å²) in [4.78, 5) is 15.2. The van der Waals surface area contributed by atoms with E-state index >= 15 is 0 Å². The minimum atomic E-state index is -1.04. The van der Waals surface area contributed by atoms with Crippen molar-refractivity contribution in [1.29, 1.82) is 0 Å². The van der Waals surface area contributed by atoms with Crippen LogP contribution in [-0.4, -0.2) is 35.8 Å². The van der Waals surface area contributed by atoms with E-state index in [9.17, 15) is 13.6 Å². The van der Waals surface area contributed by atoms with Crippen LogP contribution in [-0.2, 0) is 4.79 Å². The molecule has 4 rings (SSSR count). The number of halogens is 2. The number of carbonyl (C=O) groups is 1. The van der Waals surface area contributed by atoms with Gasteiger partial charge in [-0.1, -0.05) is 6.07 Å². The van der Waals surface area contributed by atoms with Crippen molar-refractivity contribution in [3.63, 3.8) is 0 Å². The van der Waals surface area contributed by atoms with Gasteiger partial charge in [0.05, 0.1) is 0 Å². The third-order valence-corrected chi connectivity index (χ3v) is 4.19. The standard InChI is InChI=1S/C19H14F2N2O4/c20-14-2-1-10(5-15(14)21)13-8-22-19(23-9-18(24)25)12-7-17-16(6-11(12)13)26-3-4-27-17/h1-2,5-8H,3-4,9H2,(H,22,23)(H,24,25). The third kappa shape index (κ3) is 3.21. The van der Waals surface area contributed by atoms with Crippen molar-refractivity contribution in [3.05, 3.63) is 48.2 Å². The molecule has 0 radical (unpaired) electrons. The number of ether oxygens (including phenoxy) is 2. The fourth-order valence-corrected chi connectivity index (χ4v) is 2.97. The molecule has 0 spiro atoms. The second-order valence-corrected chi connectivity index (χ2v) is 5.94. The summed E-state index contributed by atoms with van der Waals surface area (Å²) in [5.41, 5.74) is 0.995. The van der Waals surface area contributed by atoms with Gasteiger partial charge in [-0.05, 0) is 35.2 Å². The Hall–Kier alpha value is -3.42. The predicted octanol–water partition coefficient (Wildman–Crippen LogP) is 3.45. The Morgan fingerprint density at radius 3 is 2.44 bits per heavy atom. The van der Waals surface area contributed by atoms with Crippen LogP contribution in [0.25, 0.3) is 21.9 Å². The Labute approximate surface area is 152 Å². The molecule has 0 fully saturated rings. The zero-order chi connectivity index (χ0) is 19.0. The Balaban J connectivity index is 1.92. The van der Waals surface area contributed by atoms with Gasteiger partial charge in [-0.3, -0.25) is 4.79 Å². The van der Waals surface area contributed by atoms with E-state index in [-0.39, 0.29) is 6.54 Å². The minimum Gasteiger partial charge on any atom is -0.486 e. The highest BCUT2D eigenvalue weighted by Crippen LogP contribution is 2.40. The van der Waals surface area contributed by atoms with Crippen LogP contribution < -0.4 is 14.8 Å². The second kappa shape index (κ2) is 6.71. The first-order valence-corrected chi connectivity index (χ1v) is 8.16. The molecule has 1 aliphatic heterocycles. The van der Waals surface area contributed by atoms with Crippen molar-refractivity contribution in [2.45, 2.75) is 0 Å². The van der Waals surface area contributed by atoms with Gasteiger partial charge in [0, 0.05) is 17.1 Å². The van der Waals surface area contributed by atoms with E-state index in [0.29, 0.717) is 52.4 Å². The molecule has 0 atom stereocenters. The lowest BCUT2D eigenvalue weighted by molar-refractivity contribution is -0.134. The SMILES string of the molecule is O=C(O)CNc1ncc(-c2ccc(F)c(F)c2)c2cc3c(cc12)OCCO3. The second-order valence-electron chi connectivity index (χ2n) is 5.94. The van der Waals surface area contributed by atoms with Gasteiger partial charge in [0.1, 0.15) is 25.6 Å². The molecule has 8 heteroatoms. The van der Waals surface area contributed by atoms with Crippen molar-refractivity contribution in [1.82, 2.24) is 4.98 Å². The van der Waals surface area contributed by atoms with Crippen LogP contribution in [0.4, 0.5) is 14.6 Å². The highest BCUT2D eigenvalue weighted by molar-refractivity contribution is 6.03. The lowest BCUT2D eigenvalue weighted by Crippen LogP contribution is -2.16. The first-order valence-electron chi connectivity index (χ1n) is 8.16. The average molecular weight is 372 g/mol. The summed E-state index contributed by atoms with van der Waals surface area (Å²) in [5, 5.41) is 12.9. The van der Waals surface area contributed by atoms with Crippen molar-refractivity contribution in [2.75, 3.05) is 25.1 Å². The van der Waals surface area contributed by atoms with Crippen LogP contribution >= 0.6 is 0 Å². The van der Waals surface area contributed by atoms with Crippen molar-refractivity contribution in [2.24, 2.45) is 0 Å². The molecule has 2 N–H and O–H groups in total. The number of nitrogens with one attached hydrogen (secondary N) is 1. The summed E-state index contributed by atoms with van der Waals surface area (Å²) in [6, 6.07) is 7.02. The molecular weight excluding hydrogens is 358 g/mol. The Morgan fingerprint density at radius 1 is 1.07 bits per heavy atom. The van der Waals surface area contributed by atoms with Gasteiger partial charge in [-0.25, -0.2) is 13.8 Å². The number of rotatable bonds is 4. The number of hydrogen-bond acceptors (Lipinski definition) is 5. The molecule has 6 nitrogen and oxygen atoms in total. The van der Waals surface area contributed by atoms with Crippen LogP contribution in [0, 0.1) is 11.6 Å². The van der Waals surface area contributed by atoms with Crippen molar-refractivity contribution in [3.8, 4) is 22.6 Å². The zero-order valence-electron chi connectivity index (χ0n) is 14.0. The number of pyridine rings is 1. The normalized spacial score (nSPS) is 12.8. The molecule has 3 aromatic rings. The molecule has 27 heavy (non-hydrogen) atoms. The summed E-state index contributed by atoms with van der Waals surface area (Å²) in [6.45, 7) is 0.474. The Morgan fingerprint density at radius 2 is 1.78 bits per heavy atom. The smallest absolute Gasteiger partial charge is 0.322 e. The number of nitrogens with zero attached hydrogens (tertiary/aromatic N) is 1. The maximum absolute atomic E-state index is 13.7. The van der Waals surface area contributed by atoms with E-state index in [1.165, 1.54) is 12.3 Å². The fourth-order valence-electron chi connectivity index (χ4n) is 2.97. The molecule has 0 aliphatic carbocycles. The maximum atomic E-state index is 13.7. The first kappa shape index (κ1) is 17.0. The van der Waals surface area contributed by atoms with Crippen LogP contribution in [0.3, 0.4) is 0 Å². The van der Waals surface area contributed by atoms with E-state index in [2.05, 4.69) is 10.3 Å². The topological polar surface area (TPSA) is 80.7 Å². The molecule has 1 aliphatic rings. The number of carboxylic acid groups (broad SMARTS) is 1. The van der Waals surface area contributed by atoms with Gasteiger partial charge in [-0.15, -0.1) is 0 Å². The summed E-state index contributed by atoms with van der Waals surface area (Å²) in [5.74, 6) is -1.57. The van der Waals surface area contributed by atoms with Gasteiger partial charge < -0.3 is 19.9 Å². The van der Waals surface area contributed by atoms with Gasteiger partial charge in [0.2, 0.25) is 0 Å². The molecule has 0 amide bonds. The molecule has 0 bridgehead atoms. The Bertz CT molecular complexity index is 1060. The molecule has 0 saturated heterocycles. The van der Waals surface area contributed by atoms with Crippen LogP contribution in [0.2, 0.25) is 0 Å². The molecule has 138 valence electrons. The van der Waals surface area contributed by atoms with E-state index < -0.39 is 17.6 Å². The molecule has 2 heterocycles. The molecule has 2 aromatic carbocycles. The summed E-state index contributed by atoms with van der Waals surface area (Å²) in [7, 11) is 0. The summed E-state index contributed by atoms with van der Waals surface area (Å²) in [6.07, 6.45) is 1.48. The van der Waals surface area contributed by atoms with Gasteiger partial charge in [-0.2, -0.15) is 0 Å². The number of fused-ring (bicyclic) bond motifs is 2. The van der Waals surface area contributed by atoms with E-state index in [0.717, 1.165) is 12.1 Å². The highest BCUT2D eigenvalue weighted by Gasteiger charge is 2.18. The fraction of sp³-hybridized carbons (Fsp3) is 0.158. The minimum absolute atomic E-state index is 0.318. The number of hydrogen-bond donors (Lipinski definition) is 2. The Kier molecular flexibility index (Phi) is 4.23. The first-order chi connectivity index (χ1) is 13.0. The van der Waals surface area contributed by atoms with E-state index in [1.54, 1.807) is 12.1 Å². The molecule has 0 saturated carbocycles. The van der Waals surface area contributed by atoms with Crippen molar-refractivity contribution < 1.29 is 28.2 Å². The van der Waals surface area contributed by atoms with Crippen LogP contribution in [0.1, 0.15) is 0 Å². The van der Waals surface area contributed by atoms with Crippen molar-refractivity contribution >= 4 is 22.6 Å². The molecule has 1 aromatic heterocycles. The molecular formula is C19H14F2N2O4. The maximum Gasteiger partial charge on any atom is 0.322 e. The zero-order valence-corrected chi connectivity index (χ0v) is 14.0. The predicted molar refractivity (Wildman–Crippen MR) is 94.2 cm³/mol. The van der Waals surface area contributed by atoms with Gasteiger partial charge >= 0.3 is 5.97 Å². The largest absolute Gasteiger partial charge is 0.486 e. The number of benzene rings is 2. The lowest BCUT2D eigenvalue weighted by Gasteiger charge is -2.20. The third-order valence-electron chi connectivity index (χ3n) is 4.19. The number of anilines is 1. The number of aromatic nitrogens is 1. The summed E-state index contributed by atoms with van der Waals surface area (Å²) >= 11 is 0. The highest BCUT2D eigenvalue weighted by atomic mass is 19.2. The summed E-state index contributed by atoms with van der Waals surface area (Å²) < 4.78 is 38.2. The van der Waals surface area contributed by atoms with Crippen LogP contribution in [0.5, 0.6) is 11.5 Å². The quantitative estimate of drug-likeness (QED) is 0.730. The van der Waals surface area contributed by atoms with Crippen LogP contribution in [0.15, 0.2) is 36.5 Å². The van der Waals surface area contributed by atoms with E-state index in [4.69, 9.17) is 14.6 Å². The number of carboxylic acids is 1. The number of aliphatic carboxylic acids is 1. The van der Waals surface area contributed by atoms with Gasteiger partial charge in [0.25, 0.3) is 0 Å². The monoisotopic (exact) mass is 372 g/mol. The van der Waals surface area contributed by atoms with Gasteiger partial charge in [0.15, 0.2) is 23.1 Å². The lowest BCUT2D eigenvalue weighted by atomic mass is 9.99. The molecule has 0 unspecified atom stereocenters.